The Balaban J connectivity index is 0.000000395. The molecule has 0 spiro atoms. The van der Waals surface area contributed by atoms with Crippen LogP contribution in [0, 0.1) is 0 Å². The van der Waals surface area contributed by atoms with Crippen LogP contribution in [0.5, 0.6) is 0 Å². The predicted molar refractivity (Wildman–Crippen MR) is 88.6 cm³/mol. The average molecular weight is 295 g/mol. The Morgan fingerprint density at radius 1 is 1.24 bits per heavy atom. The summed E-state index contributed by atoms with van der Waals surface area (Å²) in [6, 6.07) is 0.621. The number of hydrogen-bond donors (Lipinski definition) is 0. The number of nitrogens with zero attached hydrogens (tertiary/aromatic N) is 3. The molecule has 1 saturated heterocycles. The molecule has 4 nitrogen and oxygen atoms in total. The van der Waals surface area contributed by atoms with Gasteiger partial charge in [-0.2, -0.15) is 0 Å². The van der Waals surface area contributed by atoms with Crippen LogP contribution in [0.2, 0.25) is 0 Å². The molecule has 1 unspecified atom stereocenters. The minimum Gasteiger partial charge on any atom is -0.380 e. The Hall–Kier alpha value is -0.870. The summed E-state index contributed by atoms with van der Waals surface area (Å²) < 4.78 is 7.77. The van der Waals surface area contributed by atoms with E-state index >= 15 is 0 Å². The smallest absolute Gasteiger partial charge is 0.123 e. The van der Waals surface area contributed by atoms with Crippen molar-refractivity contribution in [2.24, 2.45) is 0 Å². The minimum absolute atomic E-state index is 0.621. The maximum absolute atomic E-state index is 5.46. The summed E-state index contributed by atoms with van der Waals surface area (Å²) in [5.74, 6) is 1.23. The maximum Gasteiger partial charge on any atom is 0.123 e. The van der Waals surface area contributed by atoms with Crippen molar-refractivity contribution in [3.8, 4) is 0 Å². The van der Waals surface area contributed by atoms with Crippen molar-refractivity contribution in [3.63, 3.8) is 0 Å². The molecule has 0 radical (unpaired) electrons. The lowest BCUT2D eigenvalue weighted by Gasteiger charge is -2.31. The van der Waals surface area contributed by atoms with Gasteiger partial charge in [0.15, 0.2) is 0 Å². The third kappa shape index (κ3) is 5.11. The highest BCUT2D eigenvalue weighted by atomic mass is 16.5. The number of aromatic nitrogens is 2. The molecule has 1 fully saturated rings. The lowest BCUT2D eigenvalue weighted by atomic mass is 10.2. The molecule has 1 aromatic rings. The lowest BCUT2D eigenvalue weighted by Crippen LogP contribution is -2.41. The highest BCUT2D eigenvalue weighted by Crippen LogP contribution is 2.19. The fourth-order valence-corrected chi connectivity index (χ4v) is 2.62. The minimum atomic E-state index is 0.621. The Labute approximate surface area is 130 Å². The summed E-state index contributed by atoms with van der Waals surface area (Å²) in [5, 5.41) is 0. The number of imidazole rings is 1. The van der Waals surface area contributed by atoms with E-state index in [0.29, 0.717) is 6.04 Å². The summed E-state index contributed by atoms with van der Waals surface area (Å²) in [4.78, 5) is 7.19. The van der Waals surface area contributed by atoms with Gasteiger partial charge in [0.25, 0.3) is 0 Å². The zero-order valence-corrected chi connectivity index (χ0v) is 14.6. The molecule has 122 valence electrons. The van der Waals surface area contributed by atoms with Gasteiger partial charge in [-0.05, 0) is 12.8 Å². The third-order valence-electron chi connectivity index (χ3n) is 3.67. The van der Waals surface area contributed by atoms with Crippen molar-refractivity contribution < 1.29 is 4.74 Å². The van der Waals surface area contributed by atoms with Gasteiger partial charge in [0.1, 0.15) is 5.82 Å². The summed E-state index contributed by atoms with van der Waals surface area (Å²) in [7, 11) is 0. The Bertz CT molecular complexity index is 383. The summed E-state index contributed by atoms with van der Waals surface area (Å²) in [6.45, 7) is 15.5. The van der Waals surface area contributed by atoms with Gasteiger partial charge < -0.3 is 9.30 Å². The standard InChI is InChI=1S/C12H19N3O.C3H8.C2H6/c1-2-10-7-15-5-4-14(8-12(15)13-10)11-3-6-16-9-11;1-3-2;1-2/h7,11H,2-6,8-9H2,1H3;3H2,1-2H3;1-2H3. The molecule has 0 aromatic carbocycles. The van der Waals surface area contributed by atoms with E-state index in [1.165, 1.54) is 24.4 Å². The Morgan fingerprint density at radius 3 is 2.52 bits per heavy atom. The van der Waals surface area contributed by atoms with Gasteiger partial charge in [-0.25, -0.2) is 4.98 Å². The monoisotopic (exact) mass is 295 g/mol. The van der Waals surface area contributed by atoms with Crippen LogP contribution in [0.1, 0.15) is 59.0 Å². The fourth-order valence-electron chi connectivity index (χ4n) is 2.62. The van der Waals surface area contributed by atoms with Crippen molar-refractivity contribution in [1.29, 1.82) is 0 Å². The first-order valence-corrected chi connectivity index (χ1v) is 8.65. The second-order valence-corrected chi connectivity index (χ2v) is 5.39. The van der Waals surface area contributed by atoms with Crippen molar-refractivity contribution in [2.45, 2.75) is 73.0 Å². The second-order valence-electron chi connectivity index (χ2n) is 5.39. The van der Waals surface area contributed by atoms with Crippen LogP contribution in [-0.4, -0.2) is 40.3 Å². The topological polar surface area (TPSA) is 30.3 Å². The number of hydrogen-bond acceptors (Lipinski definition) is 3. The van der Waals surface area contributed by atoms with Crippen LogP contribution >= 0.6 is 0 Å². The Kier molecular flexibility index (Phi) is 8.62. The first-order chi connectivity index (χ1) is 10.3. The molecule has 0 aliphatic carbocycles. The molecule has 2 aliphatic heterocycles. The van der Waals surface area contributed by atoms with Gasteiger partial charge in [0.2, 0.25) is 0 Å². The van der Waals surface area contributed by atoms with Crippen LogP contribution in [0.4, 0.5) is 0 Å². The molecule has 4 heteroatoms. The molecular formula is C17H33N3O. The predicted octanol–water partition coefficient (Wildman–Crippen LogP) is 3.49. The van der Waals surface area contributed by atoms with E-state index in [4.69, 9.17) is 4.74 Å². The fraction of sp³-hybridized carbons (Fsp3) is 0.824. The molecule has 0 amide bonds. The van der Waals surface area contributed by atoms with Crippen LogP contribution in [-0.2, 0) is 24.2 Å². The second kappa shape index (κ2) is 9.96. The summed E-state index contributed by atoms with van der Waals surface area (Å²) in [5.41, 5.74) is 1.22. The lowest BCUT2D eigenvalue weighted by molar-refractivity contribution is 0.121. The van der Waals surface area contributed by atoms with Crippen LogP contribution < -0.4 is 0 Å². The van der Waals surface area contributed by atoms with Crippen molar-refractivity contribution in [1.82, 2.24) is 14.5 Å². The van der Waals surface area contributed by atoms with Crippen molar-refractivity contribution >= 4 is 0 Å². The number of ether oxygens (including phenoxy) is 1. The molecule has 1 aromatic heterocycles. The van der Waals surface area contributed by atoms with Gasteiger partial charge in [0, 0.05) is 31.9 Å². The van der Waals surface area contributed by atoms with E-state index in [-0.39, 0.29) is 0 Å². The zero-order valence-electron chi connectivity index (χ0n) is 14.6. The normalized spacial score (nSPS) is 20.9. The van der Waals surface area contributed by atoms with Gasteiger partial charge in [0.05, 0.1) is 18.8 Å². The van der Waals surface area contributed by atoms with E-state index in [9.17, 15) is 0 Å². The van der Waals surface area contributed by atoms with E-state index in [1.807, 2.05) is 13.8 Å². The largest absolute Gasteiger partial charge is 0.380 e. The van der Waals surface area contributed by atoms with Gasteiger partial charge in [-0.15, -0.1) is 0 Å². The molecule has 2 aliphatic rings. The van der Waals surface area contributed by atoms with Gasteiger partial charge >= 0.3 is 0 Å². The van der Waals surface area contributed by atoms with E-state index in [0.717, 1.165) is 39.3 Å². The molecule has 0 bridgehead atoms. The number of rotatable bonds is 2. The molecular weight excluding hydrogens is 262 g/mol. The SMILES string of the molecule is CC.CCC.CCc1cn2c(n1)CN(C1CCOC1)CC2. The highest BCUT2D eigenvalue weighted by Gasteiger charge is 2.27. The molecule has 3 heterocycles. The van der Waals surface area contributed by atoms with Gasteiger partial charge in [-0.3, -0.25) is 4.90 Å². The quantitative estimate of drug-likeness (QED) is 0.836. The third-order valence-corrected chi connectivity index (χ3v) is 3.67. The number of fused-ring (bicyclic) bond motifs is 1. The van der Waals surface area contributed by atoms with Crippen LogP contribution in [0.3, 0.4) is 0 Å². The molecule has 3 rings (SSSR count). The summed E-state index contributed by atoms with van der Waals surface area (Å²) in [6.07, 6.45) is 5.67. The van der Waals surface area contributed by atoms with E-state index < -0.39 is 0 Å². The zero-order chi connectivity index (χ0) is 15.7. The van der Waals surface area contributed by atoms with Crippen molar-refractivity contribution in [3.05, 3.63) is 17.7 Å². The Morgan fingerprint density at radius 2 is 1.95 bits per heavy atom. The van der Waals surface area contributed by atoms with Crippen LogP contribution in [0.25, 0.3) is 0 Å². The number of aryl methyl sites for hydroxylation is 1. The van der Waals surface area contributed by atoms with E-state index in [2.05, 4.69) is 41.4 Å². The molecule has 1 atom stereocenters. The van der Waals surface area contributed by atoms with Gasteiger partial charge in [-0.1, -0.05) is 41.0 Å². The molecule has 0 saturated carbocycles. The van der Waals surface area contributed by atoms with Crippen LogP contribution in [0.15, 0.2) is 6.20 Å². The molecule has 21 heavy (non-hydrogen) atoms. The average Bonchev–Trinajstić information content (AvgIpc) is 3.18. The summed E-state index contributed by atoms with van der Waals surface area (Å²) >= 11 is 0. The maximum atomic E-state index is 5.46. The molecule has 0 N–H and O–H groups in total. The first kappa shape index (κ1) is 18.2. The van der Waals surface area contributed by atoms with Crippen molar-refractivity contribution in [2.75, 3.05) is 19.8 Å². The first-order valence-electron chi connectivity index (χ1n) is 8.65. The highest BCUT2D eigenvalue weighted by molar-refractivity contribution is 5.06. The van der Waals surface area contributed by atoms with E-state index in [1.54, 1.807) is 0 Å².